The molecule has 3 aromatic heterocycles. The van der Waals surface area contributed by atoms with E-state index in [0.717, 1.165) is 32.7 Å². The fourth-order valence-corrected chi connectivity index (χ4v) is 2.86. The van der Waals surface area contributed by atoms with Gasteiger partial charge in [-0.2, -0.15) is 14.7 Å². The van der Waals surface area contributed by atoms with Crippen molar-refractivity contribution in [2.75, 3.05) is 0 Å². The van der Waals surface area contributed by atoms with E-state index in [0.29, 0.717) is 0 Å². The van der Waals surface area contributed by atoms with Gasteiger partial charge in [-0.3, -0.25) is 5.10 Å². The standard InChI is InChI=1S/C13H10N6S/c1-8-14-17-13-19(8)18-12(20-13)11-7-10(15-16-11)9-5-3-2-4-6-9/h2-7H,1H3,(H,15,16). The molecular weight excluding hydrogens is 272 g/mol. The van der Waals surface area contributed by atoms with Crippen LogP contribution < -0.4 is 0 Å². The van der Waals surface area contributed by atoms with Crippen molar-refractivity contribution in [1.29, 1.82) is 0 Å². The van der Waals surface area contributed by atoms with Crippen LogP contribution in [0.4, 0.5) is 0 Å². The van der Waals surface area contributed by atoms with Crippen molar-refractivity contribution in [2.45, 2.75) is 6.92 Å². The maximum atomic E-state index is 4.49. The lowest BCUT2D eigenvalue weighted by Gasteiger charge is -1.92. The zero-order valence-electron chi connectivity index (χ0n) is 10.6. The molecule has 1 aromatic carbocycles. The molecule has 4 aromatic rings. The summed E-state index contributed by atoms with van der Waals surface area (Å²) in [6.07, 6.45) is 0. The molecule has 0 saturated heterocycles. The van der Waals surface area contributed by atoms with Crippen molar-refractivity contribution in [3.63, 3.8) is 0 Å². The van der Waals surface area contributed by atoms with Crippen LogP contribution in [0.25, 0.3) is 26.9 Å². The van der Waals surface area contributed by atoms with E-state index in [2.05, 4.69) is 25.5 Å². The molecule has 4 rings (SSSR count). The molecule has 0 atom stereocenters. The number of nitrogens with zero attached hydrogens (tertiary/aromatic N) is 5. The molecule has 0 radical (unpaired) electrons. The Morgan fingerprint density at radius 1 is 1.15 bits per heavy atom. The van der Waals surface area contributed by atoms with Crippen LogP contribution in [0.2, 0.25) is 0 Å². The van der Waals surface area contributed by atoms with Gasteiger partial charge >= 0.3 is 0 Å². The lowest BCUT2D eigenvalue weighted by atomic mass is 10.1. The number of fused-ring (bicyclic) bond motifs is 1. The Hall–Kier alpha value is -2.54. The minimum Gasteiger partial charge on any atom is -0.275 e. The first-order chi connectivity index (χ1) is 9.81. The van der Waals surface area contributed by atoms with E-state index in [9.17, 15) is 0 Å². The van der Waals surface area contributed by atoms with Crippen LogP contribution in [0.15, 0.2) is 36.4 Å². The van der Waals surface area contributed by atoms with Gasteiger partial charge in [0.15, 0.2) is 10.8 Å². The number of nitrogens with one attached hydrogen (secondary N) is 1. The first-order valence-electron chi connectivity index (χ1n) is 6.11. The number of benzene rings is 1. The number of H-pyrrole nitrogens is 1. The molecule has 0 amide bonds. The van der Waals surface area contributed by atoms with E-state index in [1.54, 1.807) is 4.52 Å². The number of hydrogen-bond donors (Lipinski definition) is 1. The molecule has 0 aliphatic heterocycles. The van der Waals surface area contributed by atoms with E-state index >= 15 is 0 Å². The summed E-state index contributed by atoms with van der Waals surface area (Å²) in [6.45, 7) is 1.88. The van der Waals surface area contributed by atoms with Crippen molar-refractivity contribution in [1.82, 2.24) is 30.0 Å². The van der Waals surface area contributed by atoms with E-state index in [4.69, 9.17) is 0 Å². The molecule has 0 fully saturated rings. The van der Waals surface area contributed by atoms with Crippen LogP contribution >= 0.6 is 11.3 Å². The van der Waals surface area contributed by atoms with Crippen molar-refractivity contribution in [3.05, 3.63) is 42.2 Å². The molecule has 6 nitrogen and oxygen atoms in total. The molecule has 0 unspecified atom stereocenters. The van der Waals surface area contributed by atoms with Gasteiger partial charge < -0.3 is 0 Å². The van der Waals surface area contributed by atoms with E-state index in [-0.39, 0.29) is 0 Å². The molecule has 0 bridgehead atoms. The van der Waals surface area contributed by atoms with Gasteiger partial charge in [0.05, 0.1) is 11.4 Å². The summed E-state index contributed by atoms with van der Waals surface area (Å²) >= 11 is 1.49. The van der Waals surface area contributed by atoms with Gasteiger partial charge in [-0.1, -0.05) is 41.7 Å². The average Bonchev–Trinajstić information content (AvgIpc) is 3.17. The lowest BCUT2D eigenvalue weighted by molar-refractivity contribution is 0.895. The van der Waals surface area contributed by atoms with Crippen LogP contribution in [-0.4, -0.2) is 30.0 Å². The second kappa shape index (κ2) is 4.24. The van der Waals surface area contributed by atoms with Crippen LogP contribution in [0.1, 0.15) is 5.82 Å². The first-order valence-corrected chi connectivity index (χ1v) is 6.93. The summed E-state index contributed by atoms with van der Waals surface area (Å²) in [5.74, 6) is 0.783. The Labute approximate surface area is 118 Å². The normalized spacial score (nSPS) is 11.2. The lowest BCUT2D eigenvalue weighted by Crippen LogP contribution is -1.88. The quantitative estimate of drug-likeness (QED) is 0.613. The zero-order chi connectivity index (χ0) is 13.5. The third-order valence-corrected chi connectivity index (χ3v) is 3.96. The molecule has 0 saturated carbocycles. The summed E-state index contributed by atoms with van der Waals surface area (Å²) in [5.41, 5.74) is 2.87. The Balaban J connectivity index is 1.77. The highest BCUT2D eigenvalue weighted by Gasteiger charge is 2.13. The summed E-state index contributed by atoms with van der Waals surface area (Å²) in [7, 11) is 0. The Morgan fingerprint density at radius 3 is 2.80 bits per heavy atom. The Morgan fingerprint density at radius 2 is 2.00 bits per heavy atom. The molecule has 1 N–H and O–H groups in total. The van der Waals surface area contributed by atoms with Crippen LogP contribution in [0.3, 0.4) is 0 Å². The highest BCUT2D eigenvalue weighted by atomic mass is 32.1. The summed E-state index contributed by atoms with van der Waals surface area (Å²) in [5, 5.41) is 20.7. The van der Waals surface area contributed by atoms with Crippen molar-refractivity contribution in [2.24, 2.45) is 0 Å². The van der Waals surface area contributed by atoms with Crippen LogP contribution in [0, 0.1) is 6.92 Å². The third-order valence-electron chi connectivity index (χ3n) is 3.02. The number of rotatable bonds is 2. The predicted octanol–water partition coefficient (Wildman–Crippen LogP) is 2.55. The Kier molecular flexibility index (Phi) is 2.40. The van der Waals surface area contributed by atoms with E-state index in [1.807, 2.05) is 43.3 Å². The van der Waals surface area contributed by atoms with Gasteiger partial charge in [-0.15, -0.1) is 10.2 Å². The summed E-state index contributed by atoms with van der Waals surface area (Å²) in [4.78, 5) is 0.786. The Bertz CT molecular complexity index is 873. The largest absolute Gasteiger partial charge is 0.275 e. The molecule has 0 aliphatic rings. The number of aromatic amines is 1. The fourth-order valence-electron chi connectivity index (χ4n) is 2.01. The minimum atomic E-state index is 0.783. The maximum absolute atomic E-state index is 4.49. The predicted molar refractivity (Wildman–Crippen MR) is 76.4 cm³/mol. The molecule has 20 heavy (non-hydrogen) atoms. The summed E-state index contributed by atoms with van der Waals surface area (Å²) < 4.78 is 1.74. The molecule has 3 heterocycles. The maximum Gasteiger partial charge on any atom is 0.235 e. The van der Waals surface area contributed by atoms with Gasteiger partial charge in [-0.05, 0) is 13.0 Å². The van der Waals surface area contributed by atoms with E-state index in [1.165, 1.54) is 11.3 Å². The molecule has 98 valence electrons. The van der Waals surface area contributed by atoms with Gasteiger partial charge in [0.2, 0.25) is 4.96 Å². The van der Waals surface area contributed by atoms with Gasteiger partial charge in [0.1, 0.15) is 0 Å². The second-order valence-electron chi connectivity index (χ2n) is 4.38. The molecular formula is C13H10N6S. The van der Waals surface area contributed by atoms with Gasteiger partial charge in [0, 0.05) is 5.56 Å². The van der Waals surface area contributed by atoms with Gasteiger partial charge in [-0.25, -0.2) is 0 Å². The van der Waals surface area contributed by atoms with Gasteiger partial charge in [0.25, 0.3) is 0 Å². The van der Waals surface area contributed by atoms with E-state index < -0.39 is 0 Å². The fraction of sp³-hybridized carbons (Fsp3) is 0.0769. The smallest absolute Gasteiger partial charge is 0.235 e. The minimum absolute atomic E-state index is 0.783. The highest BCUT2D eigenvalue weighted by Crippen LogP contribution is 2.27. The average molecular weight is 282 g/mol. The zero-order valence-corrected chi connectivity index (χ0v) is 11.4. The third kappa shape index (κ3) is 1.71. The van der Waals surface area contributed by atoms with Crippen molar-refractivity contribution in [3.8, 4) is 22.0 Å². The second-order valence-corrected chi connectivity index (χ2v) is 5.34. The molecule has 0 aliphatic carbocycles. The topological polar surface area (TPSA) is 71.8 Å². The van der Waals surface area contributed by atoms with Crippen LogP contribution in [-0.2, 0) is 0 Å². The number of aryl methyl sites for hydroxylation is 1. The molecule has 0 spiro atoms. The highest BCUT2D eigenvalue weighted by molar-refractivity contribution is 7.19. The summed E-state index contributed by atoms with van der Waals surface area (Å²) in [6, 6.07) is 12.0. The number of aromatic nitrogens is 6. The van der Waals surface area contributed by atoms with Crippen LogP contribution in [0.5, 0.6) is 0 Å². The van der Waals surface area contributed by atoms with Crippen molar-refractivity contribution < 1.29 is 0 Å². The SMILES string of the molecule is Cc1nnc2sc(-c3cc(-c4ccccc4)n[nH]3)nn12. The number of hydrogen-bond acceptors (Lipinski definition) is 5. The molecule has 7 heteroatoms. The first kappa shape index (κ1) is 11.3. The van der Waals surface area contributed by atoms with Crippen molar-refractivity contribution >= 4 is 16.3 Å². The monoisotopic (exact) mass is 282 g/mol.